The van der Waals surface area contributed by atoms with Crippen LogP contribution in [-0.4, -0.2) is 29.4 Å². The SMILES string of the molecule is Cc1nn(Cc2ccc(-c3nc4c5ccccc5ncn4n3)cc2)c(C)c1Br. The molecule has 5 aromatic rings. The number of fused-ring (bicyclic) bond motifs is 3. The normalized spacial score (nSPS) is 11.5. The number of hydrogen-bond donors (Lipinski definition) is 0. The summed E-state index contributed by atoms with van der Waals surface area (Å²) in [7, 11) is 0. The van der Waals surface area contributed by atoms with Gasteiger partial charge < -0.3 is 0 Å². The van der Waals surface area contributed by atoms with Gasteiger partial charge in [-0.25, -0.2) is 14.5 Å². The van der Waals surface area contributed by atoms with Crippen LogP contribution in [0.3, 0.4) is 0 Å². The van der Waals surface area contributed by atoms with Crippen LogP contribution < -0.4 is 0 Å². The highest BCUT2D eigenvalue weighted by Gasteiger charge is 2.11. The zero-order valence-corrected chi connectivity index (χ0v) is 17.1. The summed E-state index contributed by atoms with van der Waals surface area (Å²) >= 11 is 3.58. The van der Waals surface area contributed by atoms with Gasteiger partial charge in [0.1, 0.15) is 6.33 Å². The molecule has 7 heteroatoms. The van der Waals surface area contributed by atoms with Crippen LogP contribution in [0.25, 0.3) is 27.9 Å². The molecule has 0 amide bonds. The van der Waals surface area contributed by atoms with Crippen molar-refractivity contribution in [1.29, 1.82) is 0 Å². The Hall–Kier alpha value is -3.06. The molecule has 2 aromatic carbocycles. The monoisotopic (exact) mass is 432 g/mol. The Morgan fingerprint density at radius 2 is 1.75 bits per heavy atom. The fraction of sp³-hybridized carbons (Fsp3) is 0.143. The highest BCUT2D eigenvalue weighted by atomic mass is 79.9. The Kier molecular flexibility index (Phi) is 3.98. The van der Waals surface area contributed by atoms with Crippen molar-refractivity contribution in [3.63, 3.8) is 0 Å². The molecule has 0 N–H and O–H groups in total. The van der Waals surface area contributed by atoms with Crippen LogP contribution in [0.1, 0.15) is 17.0 Å². The van der Waals surface area contributed by atoms with Crippen LogP contribution in [0, 0.1) is 13.8 Å². The van der Waals surface area contributed by atoms with Gasteiger partial charge in [0, 0.05) is 10.9 Å². The first-order valence-corrected chi connectivity index (χ1v) is 9.78. The second-order valence-electron chi connectivity index (χ2n) is 6.80. The quantitative estimate of drug-likeness (QED) is 0.418. The maximum absolute atomic E-state index is 4.74. The molecule has 3 heterocycles. The predicted octanol–water partition coefficient (Wildman–Crippen LogP) is 4.57. The molecular weight excluding hydrogens is 416 g/mol. The van der Waals surface area contributed by atoms with E-state index < -0.39 is 0 Å². The van der Waals surface area contributed by atoms with E-state index >= 15 is 0 Å². The van der Waals surface area contributed by atoms with Crippen LogP contribution in [-0.2, 0) is 6.54 Å². The summed E-state index contributed by atoms with van der Waals surface area (Å²) in [5.41, 5.74) is 6.02. The summed E-state index contributed by atoms with van der Waals surface area (Å²) < 4.78 is 4.81. The number of nitrogens with zero attached hydrogens (tertiary/aromatic N) is 6. The minimum atomic E-state index is 0.693. The second-order valence-corrected chi connectivity index (χ2v) is 7.60. The number of benzene rings is 2. The predicted molar refractivity (Wildman–Crippen MR) is 112 cm³/mol. The number of aryl methyl sites for hydroxylation is 1. The molecule has 0 saturated heterocycles. The van der Waals surface area contributed by atoms with Crippen molar-refractivity contribution in [2.45, 2.75) is 20.4 Å². The Morgan fingerprint density at radius 3 is 2.50 bits per heavy atom. The fourth-order valence-corrected chi connectivity index (χ4v) is 3.65. The van der Waals surface area contributed by atoms with Gasteiger partial charge in [0.15, 0.2) is 11.5 Å². The van der Waals surface area contributed by atoms with E-state index in [0.29, 0.717) is 5.82 Å². The Morgan fingerprint density at radius 1 is 0.964 bits per heavy atom. The zero-order valence-electron chi connectivity index (χ0n) is 15.5. The van der Waals surface area contributed by atoms with Gasteiger partial charge in [-0.2, -0.15) is 5.10 Å². The molecule has 28 heavy (non-hydrogen) atoms. The van der Waals surface area contributed by atoms with Gasteiger partial charge in [-0.3, -0.25) is 4.68 Å². The molecule has 0 radical (unpaired) electrons. The van der Waals surface area contributed by atoms with Crippen LogP contribution in [0.2, 0.25) is 0 Å². The first-order valence-electron chi connectivity index (χ1n) is 8.99. The van der Waals surface area contributed by atoms with E-state index in [1.54, 1.807) is 10.8 Å². The summed E-state index contributed by atoms with van der Waals surface area (Å²) in [6.45, 7) is 4.80. The van der Waals surface area contributed by atoms with E-state index in [9.17, 15) is 0 Å². The van der Waals surface area contributed by atoms with Crippen LogP contribution >= 0.6 is 15.9 Å². The third-order valence-electron chi connectivity index (χ3n) is 4.92. The molecule has 0 fully saturated rings. The van der Waals surface area contributed by atoms with Gasteiger partial charge in [-0.1, -0.05) is 36.4 Å². The summed E-state index contributed by atoms with van der Waals surface area (Å²) in [4.78, 5) is 9.18. The molecule has 0 aliphatic carbocycles. The maximum Gasteiger partial charge on any atom is 0.182 e. The van der Waals surface area contributed by atoms with Crippen molar-refractivity contribution in [2.75, 3.05) is 0 Å². The summed E-state index contributed by atoms with van der Waals surface area (Å²) in [5.74, 6) is 0.693. The van der Waals surface area contributed by atoms with Gasteiger partial charge in [-0.05, 0) is 47.5 Å². The summed E-state index contributed by atoms with van der Waals surface area (Å²) in [6.07, 6.45) is 1.71. The second kappa shape index (κ2) is 6.53. The molecule has 0 saturated carbocycles. The number of rotatable bonds is 3. The average molecular weight is 433 g/mol. The van der Waals surface area contributed by atoms with E-state index in [1.807, 2.05) is 35.9 Å². The molecule has 6 nitrogen and oxygen atoms in total. The first-order chi connectivity index (χ1) is 13.6. The van der Waals surface area contributed by atoms with E-state index in [-0.39, 0.29) is 0 Å². The molecule has 0 spiro atoms. The fourth-order valence-electron chi connectivity index (χ4n) is 3.36. The molecule has 0 bridgehead atoms. The van der Waals surface area contributed by atoms with Crippen molar-refractivity contribution in [3.05, 3.63) is 76.3 Å². The highest BCUT2D eigenvalue weighted by Crippen LogP contribution is 2.23. The number of halogens is 1. The lowest BCUT2D eigenvalue weighted by atomic mass is 10.1. The molecule has 0 aliphatic heterocycles. The smallest absolute Gasteiger partial charge is 0.182 e. The number of hydrogen-bond acceptors (Lipinski definition) is 4. The Labute approximate surface area is 170 Å². The number of aromatic nitrogens is 6. The van der Waals surface area contributed by atoms with Crippen LogP contribution in [0.15, 0.2) is 59.3 Å². The molecule has 5 rings (SSSR count). The highest BCUT2D eigenvalue weighted by molar-refractivity contribution is 9.10. The minimum absolute atomic E-state index is 0.693. The van der Waals surface area contributed by atoms with E-state index in [1.165, 1.54) is 5.56 Å². The molecule has 3 aromatic heterocycles. The van der Waals surface area contributed by atoms with Crippen molar-refractivity contribution in [1.82, 2.24) is 29.4 Å². The third kappa shape index (κ3) is 2.79. The van der Waals surface area contributed by atoms with Crippen LogP contribution in [0.5, 0.6) is 0 Å². The molecule has 0 atom stereocenters. The zero-order chi connectivity index (χ0) is 19.3. The lowest BCUT2D eigenvalue weighted by molar-refractivity contribution is 0.659. The minimum Gasteiger partial charge on any atom is -0.264 e. The van der Waals surface area contributed by atoms with Crippen molar-refractivity contribution < 1.29 is 0 Å². The van der Waals surface area contributed by atoms with E-state index in [4.69, 9.17) is 4.98 Å². The third-order valence-corrected chi connectivity index (χ3v) is 6.07. The van der Waals surface area contributed by atoms with Gasteiger partial charge >= 0.3 is 0 Å². The van der Waals surface area contributed by atoms with Crippen molar-refractivity contribution in [3.8, 4) is 11.4 Å². The standard InChI is InChI=1S/C21H17BrN6/c1-13-19(22)14(2)27(25-13)11-15-7-9-16(10-8-15)20-24-21-17-5-3-4-6-18(17)23-12-28(21)26-20/h3-10,12H,11H2,1-2H3. The van der Waals surface area contributed by atoms with E-state index in [2.05, 4.69) is 62.3 Å². The molecule has 138 valence electrons. The van der Waals surface area contributed by atoms with E-state index in [0.717, 1.165) is 44.5 Å². The largest absolute Gasteiger partial charge is 0.264 e. The van der Waals surface area contributed by atoms with Gasteiger partial charge in [0.25, 0.3) is 0 Å². The van der Waals surface area contributed by atoms with Gasteiger partial charge in [-0.15, -0.1) is 5.10 Å². The molecular formula is C21H17BrN6. The lowest BCUT2D eigenvalue weighted by Crippen LogP contribution is -2.03. The van der Waals surface area contributed by atoms with Gasteiger partial charge in [0.05, 0.1) is 27.9 Å². The van der Waals surface area contributed by atoms with Crippen LogP contribution in [0.4, 0.5) is 0 Å². The van der Waals surface area contributed by atoms with Crippen molar-refractivity contribution in [2.24, 2.45) is 0 Å². The van der Waals surface area contributed by atoms with Crippen molar-refractivity contribution >= 4 is 32.5 Å². The summed E-state index contributed by atoms with van der Waals surface area (Å²) in [5, 5.41) is 10.2. The maximum atomic E-state index is 4.74. The lowest BCUT2D eigenvalue weighted by Gasteiger charge is -2.05. The van der Waals surface area contributed by atoms with Gasteiger partial charge in [0.2, 0.25) is 0 Å². The average Bonchev–Trinajstić information content (AvgIpc) is 3.26. The Bertz CT molecular complexity index is 1320. The molecule has 0 aliphatic rings. The molecule has 0 unspecified atom stereocenters. The topological polar surface area (TPSA) is 60.9 Å². The summed E-state index contributed by atoms with van der Waals surface area (Å²) in [6, 6.07) is 16.3. The number of para-hydroxylation sites is 1. The Balaban J connectivity index is 1.48. The first kappa shape index (κ1) is 17.1.